The lowest BCUT2D eigenvalue weighted by molar-refractivity contribution is -0.235. The number of nitriles is 2. The van der Waals surface area contributed by atoms with Crippen LogP contribution in [0.4, 0.5) is 0 Å². The van der Waals surface area contributed by atoms with Crippen molar-refractivity contribution in [1.29, 1.82) is 10.5 Å². The summed E-state index contributed by atoms with van der Waals surface area (Å²) in [7, 11) is 2.78. The molecule has 0 bridgehead atoms. The Morgan fingerprint density at radius 1 is 1.18 bits per heavy atom. The molecule has 0 aromatic heterocycles. The highest BCUT2D eigenvalue weighted by atomic mass is 16.7. The Morgan fingerprint density at radius 2 is 1.71 bits per heavy atom. The maximum absolute atomic E-state index is 9.52. The average molecular weight is 234 g/mol. The lowest BCUT2D eigenvalue weighted by Crippen LogP contribution is -2.43. The summed E-state index contributed by atoms with van der Waals surface area (Å²) in [6, 6.07) is 4.28. The first-order chi connectivity index (χ1) is 7.87. The summed E-state index contributed by atoms with van der Waals surface area (Å²) in [5.41, 5.74) is 2.84. The van der Waals surface area contributed by atoms with E-state index >= 15 is 0 Å². The zero-order valence-corrected chi connectivity index (χ0v) is 10.2. The van der Waals surface area contributed by atoms with Crippen LogP contribution in [0, 0.1) is 38.9 Å². The molecule has 2 atom stereocenters. The van der Waals surface area contributed by atoms with E-state index in [1.165, 1.54) is 14.2 Å². The van der Waals surface area contributed by atoms with Crippen LogP contribution in [-0.2, 0) is 9.47 Å². The largest absolute Gasteiger partial charge is 0.386 e. The molecule has 0 radical (unpaired) electrons. The molecule has 6 nitrogen and oxygen atoms in total. The predicted octanol–water partition coefficient (Wildman–Crippen LogP) is 0.364. The van der Waals surface area contributed by atoms with E-state index < -0.39 is 22.2 Å². The van der Waals surface area contributed by atoms with E-state index in [2.05, 4.69) is 17.1 Å². The van der Waals surface area contributed by atoms with Gasteiger partial charge in [0.15, 0.2) is 5.41 Å². The maximum atomic E-state index is 9.52. The standard InChI is InChI=1S/C11H14N4O2/c1-8(2)9(5-12)7(14)15-11(16-3,17-4)10(8,9)6-13/h1-4H3,(H2,14,15)/t9-,10+/m1/s1. The molecular weight excluding hydrogens is 220 g/mol. The van der Waals surface area contributed by atoms with Gasteiger partial charge in [0, 0.05) is 19.6 Å². The Labute approximate surface area is 99.6 Å². The first-order valence-corrected chi connectivity index (χ1v) is 5.16. The van der Waals surface area contributed by atoms with Crippen LogP contribution in [0.25, 0.3) is 0 Å². The first-order valence-electron chi connectivity index (χ1n) is 5.16. The molecule has 1 aliphatic heterocycles. The second kappa shape index (κ2) is 2.79. The van der Waals surface area contributed by atoms with Crippen LogP contribution in [0.2, 0.25) is 0 Å². The molecule has 1 fully saturated rings. The van der Waals surface area contributed by atoms with Crippen LogP contribution in [0.15, 0.2) is 4.99 Å². The van der Waals surface area contributed by atoms with Crippen LogP contribution < -0.4 is 5.73 Å². The molecule has 0 amide bonds. The Kier molecular flexibility index (Phi) is 1.94. The summed E-state index contributed by atoms with van der Waals surface area (Å²) in [6.07, 6.45) is 0. The van der Waals surface area contributed by atoms with E-state index in [-0.39, 0.29) is 5.84 Å². The SMILES string of the molecule is COC1(OC)N=C(N)[C@]2(C#N)C(C)(C)[C@]12C#N. The molecule has 0 saturated heterocycles. The number of hydrogen-bond donors (Lipinski definition) is 1. The van der Waals surface area contributed by atoms with Gasteiger partial charge in [-0.25, -0.2) is 4.99 Å². The summed E-state index contributed by atoms with van der Waals surface area (Å²) < 4.78 is 10.5. The van der Waals surface area contributed by atoms with Crippen molar-refractivity contribution >= 4 is 5.84 Å². The molecule has 2 aliphatic rings. The molecule has 1 heterocycles. The fourth-order valence-electron chi connectivity index (χ4n) is 3.40. The molecule has 1 saturated carbocycles. The fraction of sp³-hybridized carbons (Fsp3) is 0.727. The number of fused-ring (bicyclic) bond motifs is 1. The lowest BCUT2D eigenvalue weighted by Gasteiger charge is -2.30. The molecular formula is C11H14N4O2. The van der Waals surface area contributed by atoms with Gasteiger partial charge in [-0.05, 0) is 0 Å². The fourth-order valence-corrected chi connectivity index (χ4v) is 3.40. The van der Waals surface area contributed by atoms with Gasteiger partial charge in [-0.3, -0.25) is 0 Å². The summed E-state index contributed by atoms with van der Waals surface area (Å²) in [4.78, 5) is 4.07. The normalized spacial score (nSPS) is 39.8. The predicted molar refractivity (Wildman–Crippen MR) is 58.2 cm³/mol. The number of hydrogen-bond acceptors (Lipinski definition) is 6. The van der Waals surface area contributed by atoms with Gasteiger partial charge < -0.3 is 15.2 Å². The van der Waals surface area contributed by atoms with Crippen LogP contribution in [0.3, 0.4) is 0 Å². The van der Waals surface area contributed by atoms with Crippen molar-refractivity contribution in [2.45, 2.75) is 19.8 Å². The monoisotopic (exact) mass is 234 g/mol. The Morgan fingerprint density at radius 3 is 2.00 bits per heavy atom. The van der Waals surface area contributed by atoms with Crippen molar-refractivity contribution in [2.24, 2.45) is 27.0 Å². The molecule has 17 heavy (non-hydrogen) atoms. The lowest BCUT2D eigenvalue weighted by atomic mass is 9.93. The highest BCUT2D eigenvalue weighted by Crippen LogP contribution is 2.84. The van der Waals surface area contributed by atoms with Gasteiger partial charge in [-0.2, -0.15) is 10.5 Å². The number of nitrogens with two attached hydrogens (primary N) is 1. The molecule has 0 spiro atoms. The number of methoxy groups -OCH3 is 2. The summed E-state index contributed by atoms with van der Waals surface area (Å²) in [5, 5.41) is 18.9. The second-order valence-corrected chi connectivity index (χ2v) is 4.84. The highest BCUT2D eigenvalue weighted by Gasteiger charge is 2.97. The third-order valence-corrected chi connectivity index (χ3v) is 4.39. The van der Waals surface area contributed by atoms with Gasteiger partial charge in [-0.15, -0.1) is 0 Å². The highest BCUT2D eigenvalue weighted by molar-refractivity contribution is 5.99. The minimum Gasteiger partial charge on any atom is -0.386 e. The molecule has 6 heteroatoms. The van der Waals surface area contributed by atoms with E-state index in [4.69, 9.17) is 15.2 Å². The van der Waals surface area contributed by atoms with Crippen LogP contribution in [-0.4, -0.2) is 26.0 Å². The van der Waals surface area contributed by atoms with Crippen molar-refractivity contribution in [3.63, 3.8) is 0 Å². The molecule has 90 valence electrons. The van der Waals surface area contributed by atoms with E-state index in [0.29, 0.717) is 0 Å². The second-order valence-electron chi connectivity index (χ2n) is 4.84. The smallest absolute Gasteiger partial charge is 0.292 e. The van der Waals surface area contributed by atoms with Crippen LogP contribution in [0.1, 0.15) is 13.8 Å². The van der Waals surface area contributed by atoms with E-state index in [1.807, 2.05) is 0 Å². The average Bonchev–Trinajstić information content (AvgIpc) is 2.65. The molecule has 1 aliphatic carbocycles. The van der Waals surface area contributed by atoms with Crippen molar-refractivity contribution in [3.8, 4) is 12.1 Å². The zero-order valence-electron chi connectivity index (χ0n) is 10.2. The minimum atomic E-state index is -1.49. The molecule has 2 rings (SSSR count). The van der Waals surface area contributed by atoms with Crippen molar-refractivity contribution in [1.82, 2.24) is 0 Å². The third kappa shape index (κ3) is 0.717. The minimum absolute atomic E-state index is 0.107. The van der Waals surface area contributed by atoms with Gasteiger partial charge in [0.05, 0.1) is 12.1 Å². The Balaban J connectivity index is 2.76. The molecule has 0 aromatic rings. The Hall–Kier alpha value is -1.63. The Bertz CT molecular complexity index is 495. The van der Waals surface area contributed by atoms with Crippen molar-refractivity contribution in [3.05, 3.63) is 0 Å². The zero-order chi connectivity index (χ0) is 13.1. The van der Waals surface area contributed by atoms with Gasteiger partial charge >= 0.3 is 0 Å². The molecule has 0 unspecified atom stereocenters. The number of aliphatic imine (C=N–C) groups is 1. The van der Waals surface area contributed by atoms with Crippen LogP contribution >= 0.6 is 0 Å². The van der Waals surface area contributed by atoms with E-state index in [1.54, 1.807) is 13.8 Å². The number of nitrogens with zero attached hydrogens (tertiary/aromatic N) is 3. The van der Waals surface area contributed by atoms with Gasteiger partial charge in [0.1, 0.15) is 11.3 Å². The quantitative estimate of drug-likeness (QED) is 0.695. The number of amidine groups is 1. The summed E-state index contributed by atoms with van der Waals surface area (Å²) in [6.45, 7) is 3.60. The van der Waals surface area contributed by atoms with Gasteiger partial charge in [-0.1, -0.05) is 13.8 Å². The number of ether oxygens (including phenoxy) is 2. The van der Waals surface area contributed by atoms with Gasteiger partial charge in [0.2, 0.25) is 0 Å². The first kappa shape index (κ1) is 11.8. The van der Waals surface area contributed by atoms with Gasteiger partial charge in [0.25, 0.3) is 5.91 Å². The van der Waals surface area contributed by atoms with Crippen LogP contribution in [0.5, 0.6) is 0 Å². The van der Waals surface area contributed by atoms with E-state index in [0.717, 1.165) is 0 Å². The summed E-state index contributed by atoms with van der Waals surface area (Å²) in [5.74, 6) is -1.39. The molecule has 0 aromatic carbocycles. The maximum Gasteiger partial charge on any atom is 0.292 e. The van der Waals surface area contributed by atoms with Crippen molar-refractivity contribution < 1.29 is 9.47 Å². The number of rotatable bonds is 2. The van der Waals surface area contributed by atoms with Crippen molar-refractivity contribution in [2.75, 3.05) is 14.2 Å². The molecule has 2 N–H and O–H groups in total. The van der Waals surface area contributed by atoms with E-state index in [9.17, 15) is 10.5 Å². The third-order valence-electron chi connectivity index (χ3n) is 4.39. The summed E-state index contributed by atoms with van der Waals surface area (Å²) >= 11 is 0. The topological polar surface area (TPSA) is 104 Å².